The Morgan fingerprint density at radius 1 is 1.33 bits per heavy atom. The zero-order valence-corrected chi connectivity index (χ0v) is 14.4. The molecule has 0 aliphatic carbocycles. The molecule has 0 amide bonds. The fraction of sp³-hybridized carbons (Fsp3) is 0.200. The maximum atomic E-state index is 5.83. The van der Waals surface area contributed by atoms with E-state index in [1.165, 1.54) is 0 Å². The van der Waals surface area contributed by atoms with E-state index in [4.69, 9.17) is 22.7 Å². The molecule has 0 atom stereocenters. The standard InChI is InChI=1S/C15H16BrN3OS/c1-8-6-9(2)18-15(13(8)14(17)21)19-12-7-10(20-3)4-5-11(12)16/h4-7H,1-3H3,(H2,17,21)(H,18,19). The molecule has 2 rings (SSSR count). The van der Waals surface area contributed by atoms with Crippen LogP contribution in [0.2, 0.25) is 0 Å². The summed E-state index contributed by atoms with van der Waals surface area (Å²) in [7, 11) is 1.63. The van der Waals surface area contributed by atoms with Crippen LogP contribution in [0.4, 0.5) is 11.5 Å². The number of hydrogen-bond acceptors (Lipinski definition) is 4. The van der Waals surface area contributed by atoms with Gasteiger partial charge in [0.05, 0.1) is 18.4 Å². The number of rotatable bonds is 4. The number of benzene rings is 1. The molecule has 0 bridgehead atoms. The van der Waals surface area contributed by atoms with E-state index in [1.807, 2.05) is 38.1 Å². The summed E-state index contributed by atoms with van der Waals surface area (Å²) in [5, 5.41) is 3.27. The van der Waals surface area contributed by atoms with Gasteiger partial charge in [-0.2, -0.15) is 0 Å². The van der Waals surface area contributed by atoms with Gasteiger partial charge in [-0.05, 0) is 53.5 Å². The molecule has 3 N–H and O–H groups in total. The minimum Gasteiger partial charge on any atom is -0.497 e. The molecule has 2 aromatic rings. The van der Waals surface area contributed by atoms with Crippen molar-refractivity contribution in [3.8, 4) is 5.75 Å². The van der Waals surface area contributed by atoms with E-state index < -0.39 is 0 Å². The molecule has 6 heteroatoms. The second-order valence-corrected chi connectivity index (χ2v) is 5.93. The van der Waals surface area contributed by atoms with E-state index in [0.29, 0.717) is 10.8 Å². The third-order valence-electron chi connectivity index (χ3n) is 3.02. The molecule has 0 fully saturated rings. The van der Waals surface area contributed by atoms with Crippen LogP contribution in [0.5, 0.6) is 5.75 Å². The van der Waals surface area contributed by atoms with Crippen LogP contribution in [-0.4, -0.2) is 17.1 Å². The first-order valence-electron chi connectivity index (χ1n) is 6.31. The Hall–Kier alpha value is -1.66. The molecule has 21 heavy (non-hydrogen) atoms. The van der Waals surface area contributed by atoms with Crippen LogP contribution in [0.15, 0.2) is 28.7 Å². The first-order chi connectivity index (χ1) is 9.92. The van der Waals surface area contributed by atoms with Gasteiger partial charge in [0.15, 0.2) is 0 Å². The van der Waals surface area contributed by atoms with Crippen LogP contribution in [0.1, 0.15) is 16.8 Å². The van der Waals surface area contributed by atoms with E-state index in [2.05, 4.69) is 26.2 Å². The number of nitrogens with two attached hydrogens (primary N) is 1. The molecule has 0 aliphatic heterocycles. The van der Waals surface area contributed by atoms with Crippen molar-refractivity contribution in [2.75, 3.05) is 12.4 Å². The monoisotopic (exact) mass is 365 g/mol. The van der Waals surface area contributed by atoms with Crippen molar-refractivity contribution in [3.63, 3.8) is 0 Å². The average Bonchev–Trinajstić information content (AvgIpc) is 2.40. The van der Waals surface area contributed by atoms with Crippen LogP contribution in [0, 0.1) is 13.8 Å². The third kappa shape index (κ3) is 3.51. The van der Waals surface area contributed by atoms with Crippen molar-refractivity contribution in [2.45, 2.75) is 13.8 Å². The lowest BCUT2D eigenvalue weighted by Gasteiger charge is -2.15. The lowest BCUT2D eigenvalue weighted by atomic mass is 10.1. The van der Waals surface area contributed by atoms with Gasteiger partial charge in [0, 0.05) is 16.2 Å². The van der Waals surface area contributed by atoms with Gasteiger partial charge in [0.2, 0.25) is 0 Å². The summed E-state index contributed by atoms with van der Waals surface area (Å²) in [6, 6.07) is 7.62. The molecular formula is C15H16BrN3OS. The quantitative estimate of drug-likeness (QED) is 0.805. The Morgan fingerprint density at radius 2 is 2.05 bits per heavy atom. The Kier molecular flexibility index (Phi) is 4.80. The molecule has 0 aliphatic rings. The molecule has 0 radical (unpaired) electrons. The molecule has 0 saturated carbocycles. The summed E-state index contributed by atoms with van der Waals surface area (Å²) in [4.78, 5) is 4.83. The van der Waals surface area contributed by atoms with Crippen LogP contribution in [0.3, 0.4) is 0 Å². The van der Waals surface area contributed by atoms with Gasteiger partial charge >= 0.3 is 0 Å². The summed E-state index contributed by atoms with van der Waals surface area (Å²) >= 11 is 8.65. The van der Waals surface area contributed by atoms with E-state index in [9.17, 15) is 0 Å². The number of nitrogens with one attached hydrogen (secondary N) is 1. The SMILES string of the molecule is COc1ccc(Br)c(Nc2nc(C)cc(C)c2C(N)=S)c1. The van der Waals surface area contributed by atoms with Crippen LogP contribution >= 0.6 is 28.1 Å². The fourth-order valence-electron chi connectivity index (χ4n) is 2.09. The number of hydrogen-bond donors (Lipinski definition) is 2. The zero-order chi connectivity index (χ0) is 15.6. The number of pyridine rings is 1. The number of anilines is 2. The molecule has 4 nitrogen and oxygen atoms in total. The number of methoxy groups -OCH3 is 1. The van der Waals surface area contributed by atoms with Crippen molar-refractivity contribution >= 4 is 44.6 Å². The number of halogens is 1. The van der Waals surface area contributed by atoms with E-state index >= 15 is 0 Å². The van der Waals surface area contributed by atoms with Gasteiger partial charge in [-0.15, -0.1) is 0 Å². The van der Waals surface area contributed by atoms with E-state index in [-0.39, 0.29) is 0 Å². The summed E-state index contributed by atoms with van der Waals surface area (Å²) in [5.74, 6) is 1.40. The van der Waals surface area contributed by atoms with E-state index in [0.717, 1.165) is 32.7 Å². The minimum absolute atomic E-state index is 0.321. The smallest absolute Gasteiger partial charge is 0.141 e. The Balaban J connectivity index is 2.51. The van der Waals surface area contributed by atoms with E-state index in [1.54, 1.807) is 7.11 Å². The highest BCUT2D eigenvalue weighted by Crippen LogP contribution is 2.31. The van der Waals surface area contributed by atoms with Crippen molar-refractivity contribution < 1.29 is 4.74 Å². The number of aromatic nitrogens is 1. The highest BCUT2D eigenvalue weighted by atomic mass is 79.9. The molecule has 0 saturated heterocycles. The minimum atomic E-state index is 0.321. The lowest BCUT2D eigenvalue weighted by molar-refractivity contribution is 0.415. The Morgan fingerprint density at radius 3 is 2.67 bits per heavy atom. The highest BCUT2D eigenvalue weighted by molar-refractivity contribution is 9.10. The zero-order valence-electron chi connectivity index (χ0n) is 12.0. The van der Waals surface area contributed by atoms with Crippen molar-refractivity contribution in [2.24, 2.45) is 5.73 Å². The lowest BCUT2D eigenvalue weighted by Crippen LogP contribution is -2.15. The molecule has 0 unspecified atom stereocenters. The predicted octanol–water partition coefficient (Wildman–Crippen LogP) is 3.85. The molecular weight excluding hydrogens is 350 g/mol. The second-order valence-electron chi connectivity index (χ2n) is 4.64. The average molecular weight is 366 g/mol. The Bertz CT molecular complexity index is 704. The Labute approximate surface area is 137 Å². The van der Waals surface area contributed by atoms with Crippen LogP contribution in [-0.2, 0) is 0 Å². The summed E-state index contributed by atoms with van der Waals surface area (Å²) in [6.07, 6.45) is 0. The second kappa shape index (κ2) is 6.41. The number of ether oxygens (including phenoxy) is 1. The number of thiocarbonyl (C=S) groups is 1. The van der Waals surface area contributed by atoms with Gasteiger partial charge in [0.1, 0.15) is 16.6 Å². The molecule has 1 aromatic heterocycles. The summed E-state index contributed by atoms with van der Waals surface area (Å²) in [5.41, 5.74) is 9.31. The molecule has 0 spiro atoms. The predicted molar refractivity (Wildman–Crippen MR) is 93.6 cm³/mol. The number of nitrogens with zero attached hydrogens (tertiary/aromatic N) is 1. The third-order valence-corrected chi connectivity index (χ3v) is 3.91. The van der Waals surface area contributed by atoms with Crippen molar-refractivity contribution in [3.05, 3.63) is 45.6 Å². The first kappa shape index (κ1) is 15.7. The molecule has 1 heterocycles. The maximum Gasteiger partial charge on any atom is 0.141 e. The van der Waals surface area contributed by atoms with Gasteiger partial charge in [0.25, 0.3) is 0 Å². The summed E-state index contributed by atoms with van der Waals surface area (Å²) < 4.78 is 6.14. The number of aryl methyl sites for hydroxylation is 2. The van der Waals surface area contributed by atoms with Gasteiger partial charge < -0.3 is 15.8 Å². The van der Waals surface area contributed by atoms with Crippen molar-refractivity contribution in [1.82, 2.24) is 4.98 Å². The van der Waals surface area contributed by atoms with Gasteiger partial charge in [-0.3, -0.25) is 0 Å². The van der Waals surface area contributed by atoms with Gasteiger partial charge in [-0.25, -0.2) is 4.98 Å². The fourth-order valence-corrected chi connectivity index (χ4v) is 2.70. The molecule has 1 aromatic carbocycles. The maximum absolute atomic E-state index is 5.83. The first-order valence-corrected chi connectivity index (χ1v) is 7.51. The van der Waals surface area contributed by atoms with Gasteiger partial charge in [-0.1, -0.05) is 12.2 Å². The van der Waals surface area contributed by atoms with Crippen LogP contribution < -0.4 is 15.8 Å². The largest absolute Gasteiger partial charge is 0.497 e. The normalized spacial score (nSPS) is 10.3. The van der Waals surface area contributed by atoms with Crippen LogP contribution in [0.25, 0.3) is 0 Å². The van der Waals surface area contributed by atoms with Crippen molar-refractivity contribution in [1.29, 1.82) is 0 Å². The highest BCUT2D eigenvalue weighted by Gasteiger charge is 2.13. The molecule has 110 valence electrons. The topological polar surface area (TPSA) is 60.2 Å². The summed E-state index contributed by atoms with van der Waals surface area (Å²) in [6.45, 7) is 3.90.